The molecule has 0 unspecified atom stereocenters. The predicted molar refractivity (Wildman–Crippen MR) is 59.1 cm³/mol. The van der Waals surface area contributed by atoms with Crippen molar-refractivity contribution in [3.05, 3.63) is 31.6 Å². The van der Waals surface area contributed by atoms with Crippen molar-refractivity contribution in [3.63, 3.8) is 0 Å². The van der Waals surface area contributed by atoms with Gasteiger partial charge in [-0.1, -0.05) is 23.2 Å². The number of hydrogen-bond acceptors (Lipinski definition) is 1. The summed E-state index contributed by atoms with van der Waals surface area (Å²) in [6.45, 7) is 0. The fourth-order valence-corrected chi connectivity index (χ4v) is 1.95. The largest absolute Gasteiger partial charge is 0.673 e. The van der Waals surface area contributed by atoms with Crippen molar-refractivity contribution in [2.45, 2.75) is 0 Å². The van der Waals surface area contributed by atoms with Gasteiger partial charge in [0.15, 0.2) is 4.98 Å². The van der Waals surface area contributed by atoms with Gasteiger partial charge in [-0.15, -0.1) is 0 Å². The molecular formula is C6H2BBrCl2F4N2. The van der Waals surface area contributed by atoms with Gasteiger partial charge in [0.05, 0.1) is 0 Å². The highest BCUT2D eigenvalue weighted by atomic mass is 79.9. The molecule has 0 aliphatic carbocycles. The lowest BCUT2D eigenvalue weighted by Crippen LogP contribution is -2.02. The first-order valence-electron chi connectivity index (χ1n) is 3.52. The minimum atomic E-state index is -6.00. The second-order valence-electron chi connectivity index (χ2n) is 2.31. The number of nitrogens with zero attached hydrogens (tertiary/aromatic N) is 2. The molecular weight excluding hydrogens is 338 g/mol. The molecule has 88 valence electrons. The molecule has 1 aromatic rings. The van der Waals surface area contributed by atoms with Crippen molar-refractivity contribution in [2.24, 2.45) is 0 Å². The van der Waals surface area contributed by atoms with Crippen LogP contribution in [0.1, 0.15) is 0 Å². The van der Waals surface area contributed by atoms with Crippen LogP contribution in [0.4, 0.5) is 23.0 Å². The summed E-state index contributed by atoms with van der Waals surface area (Å²) >= 11 is 14.4. The number of hydrogen-bond donors (Lipinski definition) is 0. The van der Waals surface area contributed by atoms with Crippen LogP contribution in [0.15, 0.2) is 16.6 Å². The van der Waals surface area contributed by atoms with Crippen LogP contribution in [0.25, 0.3) is 4.98 Å². The van der Waals surface area contributed by atoms with Crippen molar-refractivity contribution in [2.75, 3.05) is 0 Å². The zero-order valence-corrected chi connectivity index (χ0v) is 10.4. The van der Waals surface area contributed by atoms with E-state index in [2.05, 4.69) is 20.9 Å². The molecule has 16 heavy (non-hydrogen) atoms. The Morgan fingerprint density at radius 3 is 1.94 bits per heavy atom. The topological polar surface area (TPSA) is 28.1 Å². The maximum atomic E-state index is 9.75. The molecule has 0 aliphatic rings. The summed E-state index contributed by atoms with van der Waals surface area (Å²) in [5.41, 5.74) is 0.288. The lowest BCUT2D eigenvalue weighted by molar-refractivity contribution is 0.368. The number of benzene rings is 1. The van der Waals surface area contributed by atoms with E-state index in [0.717, 1.165) is 0 Å². The van der Waals surface area contributed by atoms with E-state index in [1.54, 1.807) is 6.07 Å². The zero-order chi connectivity index (χ0) is 12.9. The van der Waals surface area contributed by atoms with Gasteiger partial charge in [-0.3, -0.25) is 0 Å². The van der Waals surface area contributed by atoms with E-state index in [1.807, 2.05) is 0 Å². The molecule has 1 aromatic carbocycles. The van der Waals surface area contributed by atoms with Crippen LogP contribution in [0.3, 0.4) is 0 Å². The highest BCUT2D eigenvalue weighted by Gasteiger charge is 2.20. The van der Waals surface area contributed by atoms with Gasteiger partial charge in [0.1, 0.15) is 9.50 Å². The minimum Gasteiger partial charge on any atom is -0.418 e. The maximum absolute atomic E-state index is 9.75. The predicted octanol–water partition coefficient (Wildman–Crippen LogP) is 5.54. The van der Waals surface area contributed by atoms with Gasteiger partial charge < -0.3 is 17.3 Å². The third-order valence-electron chi connectivity index (χ3n) is 1.08. The molecule has 0 heterocycles. The molecule has 0 amide bonds. The Kier molecular flexibility index (Phi) is 6.07. The smallest absolute Gasteiger partial charge is 0.418 e. The summed E-state index contributed by atoms with van der Waals surface area (Å²) in [5.74, 6) is 0. The first-order valence-corrected chi connectivity index (χ1v) is 5.07. The number of rotatable bonds is 0. The quantitative estimate of drug-likeness (QED) is 0.346. The summed E-state index contributed by atoms with van der Waals surface area (Å²) in [7, 11) is -6.00. The van der Waals surface area contributed by atoms with Crippen LogP contribution in [-0.4, -0.2) is 7.25 Å². The summed E-state index contributed by atoms with van der Waals surface area (Å²) in [6, 6.07) is 3.10. The molecule has 2 nitrogen and oxygen atoms in total. The molecule has 0 fully saturated rings. The van der Waals surface area contributed by atoms with Gasteiger partial charge in [-0.05, 0) is 28.1 Å². The molecule has 0 aromatic heterocycles. The summed E-state index contributed by atoms with van der Waals surface area (Å²) < 4.78 is 39.6. The van der Waals surface area contributed by atoms with E-state index < -0.39 is 7.25 Å². The van der Waals surface area contributed by atoms with Crippen LogP contribution >= 0.6 is 39.1 Å². The molecule has 0 aliphatic heterocycles. The average Bonchev–Trinajstić information content (AvgIpc) is 1.99. The Morgan fingerprint density at radius 2 is 1.62 bits per heavy atom. The molecule has 10 heteroatoms. The molecule has 0 radical (unpaired) electrons. The summed E-state index contributed by atoms with van der Waals surface area (Å²) in [4.78, 5) is 2.97. The lowest BCUT2D eigenvalue weighted by Gasteiger charge is -1.94. The van der Waals surface area contributed by atoms with Crippen LogP contribution in [-0.2, 0) is 0 Å². The fraction of sp³-hybridized carbons (Fsp3) is 0. The fourth-order valence-electron chi connectivity index (χ4n) is 0.630. The van der Waals surface area contributed by atoms with Crippen LogP contribution in [0.2, 0.25) is 10.0 Å². The lowest BCUT2D eigenvalue weighted by atomic mass is 10.3. The highest BCUT2D eigenvalue weighted by molar-refractivity contribution is 9.10. The number of diazo groups is 1. The van der Waals surface area contributed by atoms with Gasteiger partial charge in [0, 0.05) is 5.02 Å². The van der Waals surface area contributed by atoms with Crippen molar-refractivity contribution >= 4 is 52.1 Å². The normalized spacial score (nSPS) is 10.1. The standard InChI is InChI=1S/C6H2BrCl2N2.BF4/c7-4-1-3(8)2-5(9)6(4)11-10;2-1(3,4)5/h1-2H;/q+1;-1. The van der Waals surface area contributed by atoms with Gasteiger partial charge in [0.2, 0.25) is 5.39 Å². The van der Waals surface area contributed by atoms with Crippen LogP contribution in [0, 0.1) is 5.39 Å². The Balaban J connectivity index is 0.000000385. The molecule has 0 spiro atoms. The second kappa shape index (κ2) is 6.28. The van der Waals surface area contributed by atoms with Gasteiger partial charge in [-0.25, -0.2) is 0 Å². The van der Waals surface area contributed by atoms with E-state index in [0.29, 0.717) is 14.5 Å². The van der Waals surface area contributed by atoms with Gasteiger partial charge in [0.25, 0.3) is 0 Å². The molecule has 0 bridgehead atoms. The van der Waals surface area contributed by atoms with Crippen LogP contribution < -0.4 is 0 Å². The first kappa shape index (κ1) is 15.5. The first-order chi connectivity index (χ1) is 7.15. The van der Waals surface area contributed by atoms with Crippen molar-refractivity contribution in [3.8, 4) is 0 Å². The Morgan fingerprint density at radius 1 is 1.19 bits per heavy atom. The van der Waals surface area contributed by atoms with Gasteiger partial charge >= 0.3 is 12.9 Å². The van der Waals surface area contributed by atoms with E-state index in [1.165, 1.54) is 6.07 Å². The van der Waals surface area contributed by atoms with Crippen LogP contribution in [0.5, 0.6) is 0 Å². The highest BCUT2D eigenvalue weighted by Crippen LogP contribution is 2.35. The Hall–Kier alpha value is -0.515. The van der Waals surface area contributed by atoms with E-state index in [-0.39, 0.29) is 5.69 Å². The third kappa shape index (κ3) is 6.88. The van der Waals surface area contributed by atoms with E-state index in [9.17, 15) is 17.3 Å². The average molecular weight is 340 g/mol. The van der Waals surface area contributed by atoms with Crippen molar-refractivity contribution < 1.29 is 17.3 Å². The van der Waals surface area contributed by atoms with E-state index in [4.69, 9.17) is 28.6 Å². The minimum absolute atomic E-state index is 0.288. The number of halogens is 7. The summed E-state index contributed by atoms with van der Waals surface area (Å²) in [5, 5.41) is 9.26. The third-order valence-corrected chi connectivity index (χ3v) is 2.19. The molecule has 0 saturated carbocycles. The Bertz CT molecular complexity index is 391. The zero-order valence-electron chi connectivity index (χ0n) is 7.27. The summed E-state index contributed by atoms with van der Waals surface area (Å²) in [6.07, 6.45) is 0. The molecule has 0 saturated heterocycles. The van der Waals surface area contributed by atoms with Gasteiger partial charge in [-0.2, -0.15) is 0 Å². The molecule has 1 rings (SSSR count). The Labute approximate surface area is 106 Å². The van der Waals surface area contributed by atoms with E-state index >= 15 is 0 Å². The SMILES string of the molecule is F[B-](F)(F)F.N#[N+]c1c(Cl)cc(Cl)cc1Br. The molecule has 0 atom stereocenters. The maximum Gasteiger partial charge on any atom is 0.673 e. The monoisotopic (exact) mass is 338 g/mol. The van der Waals surface area contributed by atoms with Crippen molar-refractivity contribution in [1.29, 1.82) is 5.39 Å². The van der Waals surface area contributed by atoms with Crippen molar-refractivity contribution in [1.82, 2.24) is 0 Å². The second-order valence-corrected chi connectivity index (χ2v) is 4.01. The molecule has 0 N–H and O–H groups in total.